The van der Waals surface area contributed by atoms with Gasteiger partial charge in [-0.15, -0.1) is 0 Å². The van der Waals surface area contributed by atoms with Crippen LogP contribution in [0.15, 0.2) is 18.2 Å². The van der Waals surface area contributed by atoms with E-state index in [1.165, 1.54) is 44.2 Å². The maximum absolute atomic E-state index is 12.0. The summed E-state index contributed by atoms with van der Waals surface area (Å²) in [6.45, 7) is 0. The van der Waals surface area contributed by atoms with Gasteiger partial charge in [0.1, 0.15) is 5.75 Å². The SMILES string of the molecule is O=C(O)CCCCCCCCCCCCCCC(=O)Nc1cc([N+](=O)[O-])ccc1O. The van der Waals surface area contributed by atoms with E-state index >= 15 is 0 Å². The average molecular weight is 423 g/mol. The topological polar surface area (TPSA) is 130 Å². The summed E-state index contributed by atoms with van der Waals surface area (Å²) >= 11 is 0. The third-order valence-corrected chi connectivity index (χ3v) is 5.01. The lowest BCUT2D eigenvalue weighted by Crippen LogP contribution is -2.11. The number of unbranched alkanes of at least 4 members (excludes halogenated alkanes) is 11. The van der Waals surface area contributed by atoms with Gasteiger partial charge in [0.15, 0.2) is 0 Å². The number of nitrogens with one attached hydrogen (secondary N) is 1. The third kappa shape index (κ3) is 12.0. The zero-order valence-corrected chi connectivity index (χ0v) is 17.6. The Labute approximate surface area is 177 Å². The van der Waals surface area contributed by atoms with Crippen molar-refractivity contribution in [2.45, 2.75) is 89.9 Å². The highest BCUT2D eigenvalue weighted by Crippen LogP contribution is 2.28. The van der Waals surface area contributed by atoms with Crippen LogP contribution >= 0.6 is 0 Å². The fraction of sp³-hybridized carbons (Fsp3) is 0.636. The zero-order chi connectivity index (χ0) is 22.2. The Morgan fingerprint density at radius 3 is 1.77 bits per heavy atom. The number of nitro groups is 1. The van der Waals surface area contributed by atoms with Crippen molar-refractivity contribution in [3.63, 3.8) is 0 Å². The summed E-state index contributed by atoms with van der Waals surface area (Å²) in [6.07, 6.45) is 13.4. The maximum atomic E-state index is 12.0. The van der Waals surface area contributed by atoms with Crippen molar-refractivity contribution in [2.24, 2.45) is 0 Å². The first-order chi connectivity index (χ1) is 14.4. The van der Waals surface area contributed by atoms with Crippen LogP contribution in [0.5, 0.6) is 5.75 Å². The van der Waals surface area contributed by atoms with Gasteiger partial charge in [-0.2, -0.15) is 0 Å². The monoisotopic (exact) mass is 422 g/mol. The predicted octanol–water partition coefficient (Wildman–Crippen LogP) is 5.78. The van der Waals surface area contributed by atoms with Crippen LogP contribution in [0, 0.1) is 10.1 Å². The number of phenols is 1. The molecule has 0 saturated carbocycles. The molecular formula is C22H34N2O6. The number of hydrogen-bond donors (Lipinski definition) is 3. The molecule has 0 aliphatic heterocycles. The predicted molar refractivity (Wildman–Crippen MR) is 116 cm³/mol. The quantitative estimate of drug-likeness (QED) is 0.126. The van der Waals surface area contributed by atoms with Gasteiger partial charge < -0.3 is 15.5 Å². The number of aromatic hydroxyl groups is 1. The molecule has 0 radical (unpaired) electrons. The van der Waals surface area contributed by atoms with E-state index in [1.54, 1.807) is 0 Å². The first-order valence-corrected chi connectivity index (χ1v) is 10.9. The van der Waals surface area contributed by atoms with Crippen LogP contribution in [0.25, 0.3) is 0 Å². The first-order valence-electron chi connectivity index (χ1n) is 10.9. The minimum Gasteiger partial charge on any atom is -0.506 e. The number of phenolic OH excluding ortho intramolecular Hbond substituents is 1. The molecule has 0 saturated heterocycles. The van der Waals surface area contributed by atoms with E-state index in [0.29, 0.717) is 6.42 Å². The maximum Gasteiger partial charge on any atom is 0.303 e. The molecule has 0 atom stereocenters. The number of carbonyl (C=O) groups excluding carboxylic acids is 1. The fourth-order valence-electron chi connectivity index (χ4n) is 3.28. The first kappa shape index (κ1) is 25.4. The number of carbonyl (C=O) groups is 2. The van der Waals surface area contributed by atoms with Crippen molar-refractivity contribution in [3.05, 3.63) is 28.3 Å². The molecule has 0 unspecified atom stereocenters. The average Bonchev–Trinajstić information content (AvgIpc) is 2.69. The molecule has 0 bridgehead atoms. The van der Waals surface area contributed by atoms with E-state index in [-0.39, 0.29) is 29.5 Å². The standard InChI is InChI=1S/C22H34N2O6/c25-20-16-15-18(24(29)30)17-19(20)23-21(26)13-11-9-7-5-3-1-2-4-6-8-10-12-14-22(27)28/h15-17,25H,1-14H2,(H,23,26)(H,27,28). The molecule has 168 valence electrons. The van der Waals surface area contributed by atoms with Crippen LogP contribution in [0.3, 0.4) is 0 Å². The van der Waals surface area contributed by atoms with Crippen LogP contribution in [-0.4, -0.2) is 27.0 Å². The second-order valence-corrected chi connectivity index (χ2v) is 7.64. The van der Waals surface area contributed by atoms with E-state index in [0.717, 1.165) is 51.0 Å². The molecule has 8 nitrogen and oxygen atoms in total. The highest BCUT2D eigenvalue weighted by molar-refractivity contribution is 5.92. The summed E-state index contributed by atoms with van der Waals surface area (Å²) in [6, 6.07) is 3.55. The number of rotatable bonds is 17. The van der Waals surface area contributed by atoms with Crippen LogP contribution < -0.4 is 5.32 Å². The minimum atomic E-state index is -0.711. The summed E-state index contributed by atoms with van der Waals surface area (Å²) in [4.78, 5) is 32.6. The highest BCUT2D eigenvalue weighted by Gasteiger charge is 2.12. The van der Waals surface area contributed by atoms with Gasteiger partial charge in [-0.05, 0) is 18.9 Å². The second-order valence-electron chi connectivity index (χ2n) is 7.64. The lowest BCUT2D eigenvalue weighted by Gasteiger charge is -2.07. The van der Waals surface area contributed by atoms with E-state index in [9.17, 15) is 24.8 Å². The summed E-state index contributed by atoms with van der Waals surface area (Å²) in [5.41, 5.74) is -0.114. The van der Waals surface area contributed by atoms with Gasteiger partial charge in [-0.1, -0.05) is 64.2 Å². The molecule has 0 heterocycles. The number of benzene rings is 1. The van der Waals surface area contributed by atoms with Crippen LogP contribution in [0.2, 0.25) is 0 Å². The van der Waals surface area contributed by atoms with Gasteiger partial charge in [-0.25, -0.2) is 0 Å². The Morgan fingerprint density at radius 2 is 1.30 bits per heavy atom. The number of hydrogen-bond acceptors (Lipinski definition) is 5. The van der Waals surface area contributed by atoms with Gasteiger partial charge in [0.2, 0.25) is 5.91 Å². The smallest absolute Gasteiger partial charge is 0.303 e. The Bertz CT molecular complexity index is 678. The summed E-state index contributed by atoms with van der Waals surface area (Å²) in [7, 11) is 0. The number of aliphatic carboxylic acids is 1. The van der Waals surface area contributed by atoms with Crippen molar-refractivity contribution in [1.82, 2.24) is 0 Å². The highest BCUT2D eigenvalue weighted by atomic mass is 16.6. The number of amides is 1. The number of nitrogens with zero attached hydrogens (tertiary/aromatic N) is 1. The lowest BCUT2D eigenvalue weighted by atomic mass is 10.0. The Balaban J connectivity index is 1.98. The molecule has 0 aliphatic carbocycles. The van der Waals surface area contributed by atoms with Gasteiger partial charge >= 0.3 is 5.97 Å². The van der Waals surface area contributed by atoms with Crippen molar-refractivity contribution in [2.75, 3.05) is 5.32 Å². The van der Waals surface area contributed by atoms with Gasteiger partial charge in [0.25, 0.3) is 5.69 Å². The molecule has 0 fully saturated rings. The number of non-ortho nitro benzene ring substituents is 1. The second kappa shape index (κ2) is 15.2. The summed E-state index contributed by atoms with van der Waals surface area (Å²) < 4.78 is 0. The number of nitro benzene ring substituents is 1. The molecule has 1 aromatic rings. The fourth-order valence-corrected chi connectivity index (χ4v) is 3.28. The van der Waals surface area contributed by atoms with E-state index in [2.05, 4.69) is 5.32 Å². The van der Waals surface area contributed by atoms with Gasteiger partial charge in [-0.3, -0.25) is 19.7 Å². The molecule has 1 rings (SSSR count). The molecule has 0 aromatic heterocycles. The normalized spacial score (nSPS) is 10.7. The van der Waals surface area contributed by atoms with Crippen molar-refractivity contribution in [3.8, 4) is 5.75 Å². The van der Waals surface area contributed by atoms with Gasteiger partial charge in [0.05, 0.1) is 10.6 Å². The van der Waals surface area contributed by atoms with Crippen LogP contribution in [-0.2, 0) is 9.59 Å². The van der Waals surface area contributed by atoms with Crippen molar-refractivity contribution >= 4 is 23.3 Å². The molecule has 1 aromatic carbocycles. The van der Waals surface area contributed by atoms with Crippen molar-refractivity contribution in [1.29, 1.82) is 0 Å². The molecule has 0 spiro atoms. The molecule has 3 N–H and O–H groups in total. The minimum absolute atomic E-state index is 0.0658. The van der Waals surface area contributed by atoms with E-state index in [1.807, 2.05) is 0 Å². The van der Waals surface area contributed by atoms with E-state index < -0.39 is 10.9 Å². The molecule has 8 heteroatoms. The van der Waals surface area contributed by atoms with Gasteiger partial charge in [0, 0.05) is 25.0 Å². The Morgan fingerprint density at radius 1 is 0.833 bits per heavy atom. The number of anilines is 1. The largest absolute Gasteiger partial charge is 0.506 e. The lowest BCUT2D eigenvalue weighted by molar-refractivity contribution is -0.384. The Kier molecular flexibility index (Phi) is 12.9. The molecule has 1 amide bonds. The zero-order valence-electron chi connectivity index (χ0n) is 17.6. The number of carboxylic acid groups (broad SMARTS) is 1. The van der Waals surface area contributed by atoms with Crippen molar-refractivity contribution < 1.29 is 24.7 Å². The number of carboxylic acids is 1. The summed E-state index contributed by atoms with van der Waals surface area (Å²) in [5, 5.41) is 31.6. The Hall–Kier alpha value is -2.64. The van der Waals surface area contributed by atoms with E-state index in [4.69, 9.17) is 5.11 Å². The molecule has 30 heavy (non-hydrogen) atoms. The van der Waals surface area contributed by atoms with Crippen LogP contribution in [0.1, 0.15) is 89.9 Å². The summed E-state index contributed by atoms with van der Waals surface area (Å²) in [5.74, 6) is -1.15. The molecular weight excluding hydrogens is 388 g/mol. The molecule has 0 aliphatic rings. The van der Waals surface area contributed by atoms with Crippen LogP contribution in [0.4, 0.5) is 11.4 Å². The third-order valence-electron chi connectivity index (χ3n) is 5.01.